The molecule has 1 unspecified atom stereocenters. The van der Waals surface area contributed by atoms with Crippen molar-refractivity contribution in [2.45, 2.75) is 22.3 Å². The van der Waals surface area contributed by atoms with Gasteiger partial charge in [-0.1, -0.05) is 24.3 Å². The smallest absolute Gasteiger partial charge is 0.210 e. The van der Waals surface area contributed by atoms with Gasteiger partial charge < -0.3 is 10.6 Å². The van der Waals surface area contributed by atoms with Gasteiger partial charge >= 0.3 is 0 Å². The Morgan fingerprint density at radius 1 is 1.05 bits per heavy atom. The molecule has 20 heavy (non-hydrogen) atoms. The number of hydrogen-bond donors (Lipinski definition) is 1. The van der Waals surface area contributed by atoms with E-state index in [0.29, 0.717) is 9.79 Å². The van der Waals surface area contributed by atoms with Gasteiger partial charge in [0, 0.05) is 12.6 Å². The van der Waals surface area contributed by atoms with Crippen LogP contribution in [0.4, 0.5) is 11.4 Å². The number of rotatable bonds is 0. The summed E-state index contributed by atoms with van der Waals surface area (Å²) in [7, 11) is -3.45. The van der Waals surface area contributed by atoms with Crippen molar-refractivity contribution in [3.05, 3.63) is 48.0 Å². The standard InChI is InChI=1S/C15H14N2O2S/c16-11-8-9-17-12-5-1-2-6-13(12)20(18,19)14-7-3-4-10(11)15(14)17/h1-7,11H,8-9,16H2. The predicted molar refractivity (Wildman–Crippen MR) is 76.9 cm³/mol. The normalized spacial score (nSPS) is 22.1. The highest BCUT2D eigenvalue weighted by atomic mass is 32.2. The van der Waals surface area contributed by atoms with Gasteiger partial charge in [0.15, 0.2) is 0 Å². The van der Waals surface area contributed by atoms with Crippen molar-refractivity contribution in [1.29, 1.82) is 0 Å². The lowest BCUT2D eigenvalue weighted by Gasteiger charge is -2.39. The quantitative estimate of drug-likeness (QED) is 0.807. The van der Waals surface area contributed by atoms with Crippen molar-refractivity contribution in [1.82, 2.24) is 0 Å². The molecule has 0 fully saturated rings. The van der Waals surface area contributed by atoms with Gasteiger partial charge in [-0.05, 0) is 30.2 Å². The van der Waals surface area contributed by atoms with Crippen LogP contribution in [0.2, 0.25) is 0 Å². The van der Waals surface area contributed by atoms with Gasteiger partial charge in [-0.3, -0.25) is 0 Å². The second-order valence-electron chi connectivity index (χ2n) is 5.21. The third-order valence-electron chi connectivity index (χ3n) is 4.10. The lowest BCUT2D eigenvalue weighted by molar-refractivity contribution is 0.583. The van der Waals surface area contributed by atoms with Crippen LogP contribution < -0.4 is 10.6 Å². The number of para-hydroxylation sites is 2. The zero-order valence-corrected chi connectivity index (χ0v) is 11.6. The summed E-state index contributed by atoms with van der Waals surface area (Å²) in [4.78, 5) is 2.86. The summed E-state index contributed by atoms with van der Waals surface area (Å²) < 4.78 is 25.5. The Morgan fingerprint density at radius 3 is 2.65 bits per heavy atom. The van der Waals surface area contributed by atoms with Gasteiger partial charge in [0.2, 0.25) is 9.84 Å². The van der Waals surface area contributed by atoms with Crippen LogP contribution in [0.25, 0.3) is 0 Å². The molecular formula is C15H14N2O2S. The van der Waals surface area contributed by atoms with Crippen molar-refractivity contribution in [3.8, 4) is 0 Å². The molecule has 0 saturated carbocycles. The highest BCUT2D eigenvalue weighted by molar-refractivity contribution is 7.92. The molecule has 0 aliphatic carbocycles. The van der Waals surface area contributed by atoms with Crippen LogP contribution in [0.3, 0.4) is 0 Å². The van der Waals surface area contributed by atoms with Gasteiger partial charge in [0.25, 0.3) is 0 Å². The lowest BCUT2D eigenvalue weighted by atomic mass is 9.96. The van der Waals surface area contributed by atoms with Crippen LogP contribution in [0.5, 0.6) is 0 Å². The average molecular weight is 286 g/mol. The molecule has 0 saturated heterocycles. The molecule has 2 N–H and O–H groups in total. The SMILES string of the molecule is NC1CCN2c3ccccc3S(=O)(=O)c3cccc1c32. The Morgan fingerprint density at radius 2 is 1.80 bits per heavy atom. The Hall–Kier alpha value is -1.85. The summed E-state index contributed by atoms with van der Waals surface area (Å²) in [5.41, 5.74) is 8.60. The molecule has 0 radical (unpaired) electrons. The minimum atomic E-state index is -3.45. The molecule has 4 rings (SSSR count). The summed E-state index contributed by atoms with van der Waals surface area (Å²) in [5, 5.41) is 0. The fraction of sp³-hybridized carbons (Fsp3) is 0.200. The number of sulfone groups is 1. The fourth-order valence-corrected chi connectivity index (χ4v) is 4.83. The number of nitrogens with two attached hydrogens (primary N) is 1. The first-order valence-corrected chi connectivity index (χ1v) is 8.09. The Labute approximate surface area is 117 Å². The number of benzene rings is 2. The molecule has 0 amide bonds. The van der Waals surface area contributed by atoms with E-state index >= 15 is 0 Å². The molecule has 0 spiro atoms. The van der Waals surface area contributed by atoms with E-state index in [0.717, 1.165) is 29.9 Å². The number of anilines is 2. The first-order chi connectivity index (χ1) is 9.60. The molecule has 2 heterocycles. The average Bonchev–Trinajstić information content (AvgIpc) is 2.46. The van der Waals surface area contributed by atoms with Crippen LogP contribution in [-0.4, -0.2) is 15.0 Å². The van der Waals surface area contributed by atoms with Crippen LogP contribution in [-0.2, 0) is 9.84 Å². The predicted octanol–water partition coefficient (Wildman–Crippen LogP) is 2.37. The van der Waals surface area contributed by atoms with E-state index in [4.69, 9.17) is 5.73 Å². The minimum absolute atomic E-state index is 0.0957. The molecule has 2 aromatic carbocycles. The Kier molecular flexibility index (Phi) is 2.29. The van der Waals surface area contributed by atoms with E-state index in [9.17, 15) is 8.42 Å². The number of hydrogen-bond acceptors (Lipinski definition) is 4. The number of nitrogens with zero attached hydrogens (tertiary/aromatic N) is 1. The van der Waals surface area contributed by atoms with E-state index in [1.807, 2.05) is 18.2 Å². The van der Waals surface area contributed by atoms with Crippen LogP contribution >= 0.6 is 0 Å². The first-order valence-electron chi connectivity index (χ1n) is 6.61. The zero-order valence-electron chi connectivity index (χ0n) is 10.8. The fourth-order valence-electron chi connectivity index (χ4n) is 3.15. The molecule has 4 nitrogen and oxygen atoms in total. The molecule has 0 aromatic heterocycles. The van der Waals surface area contributed by atoms with Gasteiger partial charge in [0.05, 0.1) is 21.2 Å². The molecule has 2 aromatic rings. The van der Waals surface area contributed by atoms with Crippen LogP contribution in [0.1, 0.15) is 18.0 Å². The van der Waals surface area contributed by atoms with Crippen molar-refractivity contribution >= 4 is 21.2 Å². The van der Waals surface area contributed by atoms with Gasteiger partial charge in [-0.15, -0.1) is 0 Å². The molecule has 102 valence electrons. The summed E-state index contributed by atoms with van der Waals surface area (Å²) in [6.07, 6.45) is 0.824. The third kappa shape index (κ3) is 1.36. The molecule has 2 aliphatic rings. The molecule has 2 aliphatic heterocycles. The second kappa shape index (κ2) is 3.84. The van der Waals surface area contributed by atoms with Crippen LogP contribution in [0.15, 0.2) is 52.3 Å². The van der Waals surface area contributed by atoms with E-state index in [2.05, 4.69) is 4.90 Å². The van der Waals surface area contributed by atoms with Gasteiger partial charge in [0.1, 0.15) is 0 Å². The summed E-state index contributed by atoms with van der Waals surface area (Å²) >= 11 is 0. The Balaban J connectivity index is 2.13. The van der Waals surface area contributed by atoms with Crippen molar-refractivity contribution in [3.63, 3.8) is 0 Å². The highest BCUT2D eigenvalue weighted by Gasteiger charge is 2.38. The van der Waals surface area contributed by atoms with E-state index < -0.39 is 9.84 Å². The third-order valence-corrected chi connectivity index (χ3v) is 5.93. The van der Waals surface area contributed by atoms with Crippen molar-refractivity contribution in [2.75, 3.05) is 11.4 Å². The van der Waals surface area contributed by atoms with Gasteiger partial charge in [-0.25, -0.2) is 8.42 Å². The maximum absolute atomic E-state index is 12.8. The monoisotopic (exact) mass is 286 g/mol. The first kappa shape index (κ1) is 11.9. The Bertz CT molecular complexity index is 814. The topological polar surface area (TPSA) is 63.4 Å². The minimum Gasteiger partial charge on any atom is -0.339 e. The summed E-state index contributed by atoms with van der Waals surface area (Å²) in [6, 6.07) is 12.5. The molecular weight excluding hydrogens is 272 g/mol. The molecule has 5 heteroatoms. The second-order valence-corrected chi connectivity index (χ2v) is 7.10. The van der Waals surface area contributed by atoms with E-state index in [1.54, 1.807) is 24.3 Å². The number of fused-ring (bicyclic) bond motifs is 2. The zero-order chi connectivity index (χ0) is 13.9. The van der Waals surface area contributed by atoms with Gasteiger partial charge in [-0.2, -0.15) is 0 Å². The van der Waals surface area contributed by atoms with Crippen molar-refractivity contribution < 1.29 is 8.42 Å². The summed E-state index contributed by atoms with van der Waals surface area (Å²) in [5.74, 6) is 0. The maximum Gasteiger partial charge on any atom is 0.210 e. The van der Waals surface area contributed by atoms with Crippen molar-refractivity contribution in [2.24, 2.45) is 5.73 Å². The molecule has 0 bridgehead atoms. The molecule has 1 atom stereocenters. The largest absolute Gasteiger partial charge is 0.339 e. The van der Waals surface area contributed by atoms with Crippen LogP contribution in [0, 0.1) is 0 Å². The maximum atomic E-state index is 12.8. The summed E-state index contributed by atoms with van der Waals surface area (Å²) in [6.45, 7) is 0.748. The van der Waals surface area contributed by atoms with E-state index in [1.165, 1.54) is 0 Å². The van der Waals surface area contributed by atoms with E-state index in [-0.39, 0.29) is 6.04 Å². The highest BCUT2D eigenvalue weighted by Crippen LogP contribution is 2.49. The lowest BCUT2D eigenvalue weighted by Crippen LogP contribution is -2.34.